The monoisotopic (exact) mass is 519 g/mol. The number of nitrogens with one attached hydrogen (secondary N) is 1. The van der Waals surface area contributed by atoms with Gasteiger partial charge in [0.25, 0.3) is 5.91 Å². The summed E-state index contributed by atoms with van der Waals surface area (Å²) >= 11 is 1.37. The second-order valence-electron chi connectivity index (χ2n) is 8.67. The lowest BCUT2D eigenvalue weighted by Crippen LogP contribution is -2.56. The predicted octanol–water partition coefficient (Wildman–Crippen LogP) is 5.35. The van der Waals surface area contributed by atoms with Gasteiger partial charge in [-0.2, -0.15) is 0 Å². The van der Waals surface area contributed by atoms with Crippen LogP contribution in [0.2, 0.25) is 0 Å². The van der Waals surface area contributed by atoms with E-state index in [0.717, 1.165) is 33.8 Å². The molecule has 36 heavy (non-hydrogen) atoms. The fourth-order valence-electron chi connectivity index (χ4n) is 4.21. The van der Waals surface area contributed by atoms with E-state index in [2.05, 4.69) is 39.6 Å². The second-order valence-corrected chi connectivity index (χ2v) is 9.53. The van der Waals surface area contributed by atoms with E-state index in [4.69, 9.17) is 5.73 Å². The summed E-state index contributed by atoms with van der Waals surface area (Å²) in [6.07, 6.45) is 0.623. The highest BCUT2D eigenvalue weighted by atomic mass is 35.5. The van der Waals surface area contributed by atoms with Crippen LogP contribution in [0.25, 0.3) is 22.4 Å². The topological polar surface area (TPSA) is 101 Å². The third-order valence-corrected chi connectivity index (χ3v) is 6.81. The molecule has 2 aromatic heterocycles. The molecule has 1 aliphatic heterocycles. The smallest absolute Gasteiger partial charge is 0.254 e. The van der Waals surface area contributed by atoms with Crippen LogP contribution in [0, 0.1) is 13.8 Å². The molecule has 1 atom stereocenters. The first-order valence-corrected chi connectivity index (χ1v) is 12.2. The van der Waals surface area contributed by atoms with E-state index in [1.165, 1.54) is 11.3 Å². The van der Waals surface area contributed by atoms with Crippen LogP contribution in [0.1, 0.15) is 28.2 Å². The van der Waals surface area contributed by atoms with Crippen molar-refractivity contribution < 1.29 is 9.59 Å². The van der Waals surface area contributed by atoms with E-state index in [0.29, 0.717) is 29.3 Å². The Bertz CT molecular complexity index is 1400. The molecule has 0 unspecified atom stereocenters. The summed E-state index contributed by atoms with van der Waals surface area (Å²) < 4.78 is 0. The lowest BCUT2D eigenvalue weighted by atomic mass is 10.00. The standard InChI is InChI=1S/C27H25N5O2S.ClH/c1-16-12-21(13-17(2)29-16)19-4-3-5-20(14-19)23-15-35-27(30-23)31-25(33)24-10-11-32(24)26(34)18-6-8-22(28)9-7-18;/h3-9,12-15,24H,10-11,28H2,1-2H3,(H,30,31,33);1H/t24-;/m1./s1. The molecule has 5 rings (SSSR count). The summed E-state index contributed by atoms with van der Waals surface area (Å²) in [5, 5.41) is 5.33. The van der Waals surface area contributed by atoms with Crippen molar-refractivity contribution in [1.82, 2.24) is 14.9 Å². The molecule has 0 spiro atoms. The Kier molecular flexibility index (Phi) is 7.37. The number of aromatic nitrogens is 2. The number of halogens is 1. The number of carbonyl (C=O) groups is 2. The van der Waals surface area contributed by atoms with Crippen LogP contribution >= 0.6 is 23.7 Å². The number of nitrogen functional groups attached to an aromatic ring is 1. The Morgan fingerprint density at radius 1 is 0.972 bits per heavy atom. The highest BCUT2D eigenvalue weighted by Gasteiger charge is 2.38. The number of rotatable bonds is 5. The van der Waals surface area contributed by atoms with Crippen molar-refractivity contribution >= 4 is 46.4 Å². The molecule has 2 aromatic carbocycles. The molecule has 0 radical (unpaired) electrons. The van der Waals surface area contributed by atoms with E-state index < -0.39 is 6.04 Å². The average Bonchev–Trinajstić information content (AvgIpc) is 3.26. The van der Waals surface area contributed by atoms with Crippen LogP contribution in [0.15, 0.2) is 66.0 Å². The van der Waals surface area contributed by atoms with E-state index >= 15 is 0 Å². The summed E-state index contributed by atoms with van der Waals surface area (Å²) in [6.45, 7) is 4.52. The SMILES string of the molecule is Cc1cc(-c2cccc(-c3csc(NC(=O)[C@H]4CCN4C(=O)c4ccc(N)cc4)n3)c2)cc(C)n1.Cl. The summed E-state index contributed by atoms with van der Waals surface area (Å²) in [4.78, 5) is 36.3. The third kappa shape index (κ3) is 5.24. The van der Waals surface area contributed by atoms with Crippen LogP contribution in [0.3, 0.4) is 0 Å². The minimum atomic E-state index is -0.506. The number of hydrogen-bond donors (Lipinski definition) is 2. The van der Waals surface area contributed by atoms with Gasteiger partial charge in [0.1, 0.15) is 6.04 Å². The molecule has 0 saturated carbocycles. The number of amides is 2. The lowest BCUT2D eigenvalue weighted by molar-refractivity contribution is -0.123. The minimum absolute atomic E-state index is 0. The maximum atomic E-state index is 12.9. The predicted molar refractivity (Wildman–Crippen MR) is 146 cm³/mol. The van der Waals surface area contributed by atoms with Gasteiger partial charge in [0.05, 0.1) is 5.69 Å². The molecule has 0 aliphatic carbocycles. The van der Waals surface area contributed by atoms with Gasteiger partial charge in [-0.15, -0.1) is 23.7 Å². The number of nitrogens with zero attached hydrogens (tertiary/aromatic N) is 3. The molecule has 1 fully saturated rings. The van der Waals surface area contributed by atoms with Gasteiger partial charge >= 0.3 is 0 Å². The quantitative estimate of drug-likeness (QED) is 0.346. The van der Waals surface area contributed by atoms with Gasteiger partial charge < -0.3 is 16.0 Å². The van der Waals surface area contributed by atoms with Crippen LogP contribution in [-0.4, -0.2) is 39.3 Å². The van der Waals surface area contributed by atoms with Crippen LogP contribution < -0.4 is 11.1 Å². The molecule has 1 aliphatic rings. The zero-order valence-electron chi connectivity index (χ0n) is 19.9. The molecule has 184 valence electrons. The minimum Gasteiger partial charge on any atom is -0.399 e. The summed E-state index contributed by atoms with van der Waals surface area (Å²) in [5.74, 6) is -0.396. The van der Waals surface area contributed by atoms with Gasteiger partial charge in [-0.3, -0.25) is 14.6 Å². The van der Waals surface area contributed by atoms with E-state index in [9.17, 15) is 9.59 Å². The number of pyridine rings is 1. The molecule has 1 saturated heterocycles. The maximum Gasteiger partial charge on any atom is 0.254 e. The third-order valence-electron chi connectivity index (χ3n) is 6.05. The van der Waals surface area contributed by atoms with Crippen molar-refractivity contribution in [3.05, 3.63) is 83.0 Å². The Morgan fingerprint density at radius 2 is 1.67 bits per heavy atom. The molecule has 3 N–H and O–H groups in total. The number of anilines is 2. The van der Waals surface area contributed by atoms with Crippen LogP contribution in [-0.2, 0) is 4.79 Å². The fourth-order valence-corrected chi connectivity index (χ4v) is 4.93. The summed E-state index contributed by atoms with van der Waals surface area (Å²) in [5.41, 5.74) is 12.7. The first-order chi connectivity index (χ1) is 16.9. The van der Waals surface area contributed by atoms with Gasteiger partial charge in [-0.05, 0) is 73.9 Å². The number of thiazole rings is 1. The molecule has 7 nitrogen and oxygen atoms in total. The number of carbonyl (C=O) groups excluding carboxylic acids is 2. The van der Waals surface area contributed by atoms with E-state index in [1.807, 2.05) is 31.4 Å². The average molecular weight is 520 g/mol. The Hall–Kier alpha value is -3.75. The Balaban J connectivity index is 0.00000304. The number of nitrogens with two attached hydrogens (primary N) is 1. The zero-order valence-corrected chi connectivity index (χ0v) is 21.5. The lowest BCUT2D eigenvalue weighted by Gasteiger charge is -2.39. The van der Waals surface area contributed by atoms with Gasteiger partial charge in [0, 0.05) is 40.1 Å². The second kappa shape index (κ2) is 10.5. The van der Waals surface area contributed by atoms with Crippen molar-refractivity contribution in [2.24, 2.45) is 0 Å². The maximum absolute atomic E-state index is 12.9. The van der Waals surface area contributed by atoms with Crippen LogP contribution in [0.4, 0.5) is 10.8 Å². The summed E-state index contributed by atoms with van der Waals surface area (Å²) in [7, 11) is 0. The van der Waals surface area contributed by atoms with Crippen molar-refractivity contribution in [1.29, 1.82) is 0 Å². The zero-order chi connectivity index (χ0) is 24.5. The first-order valence-electron chi connectivity index (χ1n) is 11.4. The van der Waals surface area contributed by atoms with Gasteiger partial charge in [-0.1, -0.05) is 18.2 Å². The van der Waals surface area contributed by atoms with Crippen LogP contribution in [0.5, 0.6) is 0 Å². The van der Waals surface area contributed by atoms with Gasteiger partial charge in [0.15, 0.2) is 5.13 Å². The molecule has 2 amide bonds. The molecular weight excluding hydrogens is 494 g/mol. The number of aryl methyl sites for hydroxylation is 2. The van der Waals surface area contributed by atoms with E-state index in [-0.39, 0.29) is 24.2 Å². The molecule has 4 aromatic rings. The highest BCUT2D eigenvalue weighted by molar-refractivity contribution is 7.14. The number of hydrogen-bond acceptors (Lipinski definition) is 6. The largest absolute Gasteiger partial charge is 0.399 e. The van der Waals surface area contributed by atoms with Crippen molar-refractivity contribution in [2.75, 3.05) is 17.6 Å². The fraction of sp³-hybridized carbons (Fsp3) is 0.185. The number of likely N-dealkylation sites (tertiary alicyclic amines) is 1. The summed E-state index contributed by atoms with van der Waals surface area (Å²) in [6, 6.07) is 18.5. The van der Waals surface area contributed by atoms with Crippen molar-refractivity contribution in [2.45, 2.75) is 26.3 Å². The number of benzene rings is 2. The first kappa shape index (κ1) is 25.3. The molecule has 9 heteroatoms. The van der Waals surface area contributed by atoms with E-state index in [1.54, 1.807) is 29.2 Å². The Labute approximate surface area is 219 Å². The van der Waals surface area contributed by atoms with Gasteiger partial charge in [0.2, 0.25) is 5.91 Å². The van der Waals surface area contributed by atoms with Crippen molar-refractivity contribution in [3.63, 3.8) is 0 Å². The molecule has 0 bridgehead atoms. The van der Waals surface area contributed by atoms with Gasteiger partial charge in [-0.25, -0.2) is 4.98 Å². The Morgan fingerprint density at radius 3 is 2.33 bits per heavy atom. The normalized spacial score (nSPS) is 14.5. The van der Waals surface area contributed by atoms with Crippen molar-refractivity contribution in [3.8, 4) is 22.4 Å². The molecule has 3 heterocycles. The molecular formula is C27H26ClN5O2S. The highest BCUT2D eigenvalue weighted by Crippen LogP contribution is 2.30.